The first kappa shape index (κ1) is 24.3. The number of carbonyl (C=O) groups is 1. The molecule has 1 amide bonds. The minimum absolute atomic E-state index is 0.0366. The van der Waals surface area contributed by atoms with Crippen molar-refractivity contribution in [3.8, 4) is 11.1 Å². The minimum Gasteiger partial charge on any atom is -0.323 e. The lowest BCUT2D eigenvalue weighted by Gasteiger charge is -2.27. The average Bonchev–Trinajstić information content (AvgIpc) is 2.73. The number of carbonyl (C=O) groups excluding carboxylic acids is 1. The average molecular weight is 466 g/mol. The molecular formula is C24H20F6N2O. The topological polar surface area (TPSA) is 42.0 Å². The summed E-state index contributed by atoms with van der Waals surface area (Å²) in [6.45, 7) is 4.40. The molecule has 1 N–H and O–H groups in total. The van der Waals surface area contributed by atoms with Crippen LogP contribution in [0.3, 0.4) is 0 Å². The van der Waals surface area contributed by atoms with Crippen LogP contribution in [0.2, 0.25) is 0 Å². The number of amides is 1. The molecule has 3 aromatic rings. The second kappa shape index (κ2) is 8.53. The van der Waals surface area contributed by atoms with Crippen molar-refractivity contribution in [2.24, 2.45) is 0 Å². The summed E-state index contributed by atoms with van der Waals surface area (Å²) in [5.41, 5.74) is -2.48. The quantitative estimate of drug-likeness (QED) is 0.420. The van der Waals surface area contributed by atoms with Crippen LogP contribution >= 0.6 is 0 Å². The van der Waals surface area contributed by atoms with E-state index in [0.29, 0.717) is 17.7 Å². The SMILES string of the molecule is Cc1ccccc1-c1ccncc1NC(=O)C(C)(C)c1cc(C(F)(F)F)cc(C(F)(F)F)c1. The standard InChI is InChI=1S/C24H20F6N2O/c1-14-6-4-5-7-18(14)19-8-9-31-13-20(19)32-21(33)22(2,3)15-10-16(23(25,26)27)12-17(11-15)24(28,29)30/h4-13H,1-3H3,(H,32,33). The molecule has 0 aliphatic carbocycles. The lowest BCUT2D eigenvalue weighted by atomic mass is 9.81. The summed E-state index contributed by atoms with van der Waals surface area (Å²) in [6.07, 6.45) is -7.12. The van der Waals surface area contributed by atoms with Gasteiger partial charge in [-0.25, -0.2) is 0 Å². The Bertz CT molecular complexity index is 1150. The highest BCUT2D eigenvalue weighted by atomic mass is 19.4. The second-order valence-corrected chi connectivity index (χ2v) is 8.11. The van der Waals surface area contributed by atoms with Crippen molar-refractivity contribution in [2.45, 2.75) is 38.5 Å². The number of aromatic nitrogens is 1. The van der Waals surface area contributed by atoms with Gasteiger partial charge in [0.25, 0.3) is 0 Å². The van der Waals surface area contributed by atoms with Gasteiger partial charge in [-0.05, 0) is 61.7 Å². The first-order valence-corrected chi connectivity index (χ1v) is 9.82. The highest BCUT2D eigenvalue weighted by Crippen LogP contribution is 2.39. The van der Waals surface area contributed by atoms with Crippen molar-refractivity contribution >= 4 is 11.6 Å². The van der Waals surface area contributed by atoms with E-state index in [9.17, 15) is 31.1 Å². The van der Waals surface area contributed by atoms with Gasteiger partial charge < -0.3 is 5.32 Å². The number of pyridine rings is 1. The Morgan fingerprint density at radius 2 is 1.36 bits per heavy atom. The largest absolute Gasteiger partial charge is 0.416 e. The maximum absolute atomic E-state index is 13.3. The van der Waals surface area contributed by atoms with Crippen LogP contribution in [-0.4, -0.2) is 10.9 Å². The van der Waals surface area contributed by atoms with Crippen LogP contribution in [0.5, 0.6) is 0 Å². The van der Waals surface area contributed by atoms with Gasteiger partial charge in [0.15, 0.2) is 0 Å². The Morgan fingerprint density at radius 1 is 0.818 bits per heavy atom. The van der Waals surface area contributed by atoms with Gasteiger partial charge >= 0.3 is 12.4 Å². The van der Waals surface area contributed by atoms with Crippen molar-refractivity contribution in [2.75, 3.05) is 5.32 Å². The first-order chi connectivity index (χ1) is 15.2. The maximum atomic E-state index is 13.3. The number of hydrogen-bond acceptors (Lipinski definition) is 2. The van der Waals surface area contributed by atoms with Crippen molar-refractivity contribution in [3.05, 3.63) is 83.2 Å². The summed E-state index contributed by atoms with van der Waals surface area (Å²) in [5.74, 6) is -0.780. The molecular weight excluding hydrogens is 446 g/mol. The summed E-state index contributed by atoms with van der Waals surface area (Å²) in [4.78, 5) is 17.1. The third-order valence-corrected chi connectivity index (χ3v) is 5.38. The summed E-state index contributed by atoms with van der Waals surface area (Å²) < 4.78 is 79.6. The van der Waals surface area contributed by atoms with E-state index < -0.39 is 40.4 Å². The number of aryl methyl sites for hydroxylation is 1. The summed E-state index contributed by atoms with van der Waals surface area (Å²) in [7, 11) is 0. The van der Waals surface area contributed by atoms with Gasteiger partial charge in [-0.1, -0.05) is 24.3 Å². The molecule has 0 atom stereocenters. The highest BCUT2D eigenvalue weighted by molar-refractivity contribution is 6.01. The van der Waals surface area contributed by atoms with E-state index in [1.165, 1.54) is 26.2 Å². The number of nitrogens with zero attached hydrogens (tertiary/aromatic N) is 1. The van der Waals surface area contributed by atoms with E-state index in [1.807, 2.05) is 25.1 Å². The first-order valence-electron chi connectivity index (χ1n) is 9.82. The van der Waals surface area contributed by atoms with Crippen LogP contribution in [-0.2, 0) is 22.6 Å². The molecule has 0 saturated heterocycles. The van der Waals surface area contributed by atoms with E-state index in [-0.39, 0.29) is 11.8 Å². The third kappa shape index (κ3) is 5.18. The third-order valence-electron chi connectivity index (χ3n) is 5.38. The van der Waals surface area contributed by atoms with Gasteiger partial charge in [-0.3, -0.25) is 9.78 Å². The van der Waals surface area contributed by atoms with Crippen LogP contribution in [0.4, 0.5) is 32.0 Å². The Balaban J connectivity index is 2.04. The molecule has 3 nitrogen and oxygen atoms in total. The molecule has 0 spiro atoms. The van der Waals surface area contributed by atoms with E-state index in [4.69, 9.17) is 0 Å². The van der Waals surface area contributed by atoms with Crippen LogP contribution in [0.15, 0.2) is 60.9 Å². The van der Waals surface area contributed by atoms with Crippen LogP contribution < -0.4 is 5.32 Å². The summed E-state index contributed by atoms with van der Waals surface area (Å²) >= 11 is 0. The fraction of sp³-hybridized carbons (Fsp3) is 0.250. The minimum atomic E-state index is -5.01. The second-order valence-electron chi connectivity index (χ2n) is 8.11. The van der Waals surface area contributed by atoms with Gasteiger partial charge in [0.1, 0.15) is 0 Å². The monoisotopic (exact) mass is 466 g/mol. The normalized spacial score (nSPS) is 12.5. The van der Waals surface area contributed by atoms with Crippen molar-refractivity contribution < 1.29 is 31.1 Å². The predicted molar refractivity (Wildman–Crippen MR) is 113 cm³/mol. The van der Waals surface area contributed by atoms with Gasteiger partial charge in [0.05, 0.1) is 28.4 Å². The zero-order valence-corrected chi connectivity index (χ0v) is 17.9. The molecule has 0 aliphatic rings. The van der Waals surface area contributed by atoms with Gasteiger partial charge in [-0.2, -0.15) is 26.3 Å². The van der Waals surface area contributed by atoms with Crippen molar-refractivity contribution in [1.82, 2.24) is 4.98 Å². The molecule has 174 valence electrons. The highest BCUT2D eigenvalue weighted by Gasteiger charge is 2.40. The molecule has 0 saturated carbocycles. The molecule has 0 fully saturated rings. The zero-order valence-electron chi connectivity index (χ0n) is 17.9. The van der Waals surface area contributed by atoms with Crippen molar-refractivity contribution in [1.29, 1.82) is 0 Å². The molecule has 33 heavy (non-hydrogen) atoms. The zero-order chi connectivity index (χ0) is 24.6. The molecule has 1 aromatic heterocycles. The summed E-state index contributed by atoms with van der Waals surface area (Å²) in [6, 6.07) is 10.2. The number of anilines is 1. The maximum Gasteiger partial charge on any atom is 0.416 e. The Kier molecular flexibility index (Phi) is 6.28. The molecule has 1 heterocycles. The number of benzene rings is 2. The molecule has 0 unspecified atom stereocenters. The van der Waals surface area contributed by atoms with Crippen LogP contribution in [0.1, 0.15) is 36.1 Å². The smallest absolute Gasteiger partial charge is 0.323 e. The van der Waals surface area contributed by atoms with E-state index >= 15 is 0 Å². The number of nitrogens with one attached hydrogen (secondary N) is 1. The van der Waals surface area contributed by atoms with Gasteiger partial charge in [-0.15, -0.1) is 0 Å². The fourth-order valence-electron chi connectivity index (χ4n) is 3.33. The molecule has 2 aromatic carbocycles. The molecule has 9 heteroatoms. The number of hydrogen-bond donors (Lipinski definition) is 1. The number of alkyl halides is 6. The lowest BCUT2D eigenvalue weighted by Crippen LogP contribution is -2.35. The predicted octanol–water partition coefficient (Wildman–Crippen LogP) is 7.01. The van der Waals surface area contributed by atoms with Gasteiger partial charge in [0.2, 0.25) is 5.91 Å². The Morgan fingerprint density at radius 3 is 1.91 bits per heavy atom. The molecule has 3 rings (SSSR count). The number of rotatable bonds is 4. The Labute approximate surface area is 186 Å². The van der Waals surface area contributed by atoms with E-state index in [1.54, 1.807) is 12.1 Å². The van der Waals surface area contributed by atoms with Crippen molar-refractivity contribution in [3.63, 3.8) is 0 Å². The molecule has 0 radical (unpaired) electrons. The van der Waals surface area contributed by atoms with E-state index in [2.05, 4.69) is 10.3 Å². The fourth-order valence-corrected chi connectivity index (χ4v) is 3.33. The number of halogens is 6. The Hall–Kier alpha value is -3.36. The lowest BCUT2D eigenvalue weighted by molar-refractivity contribution is -0.143. The summed E-state index contributed by atoms with van der Waals surface area (Å²) in [5, 5.41) is 2.63. The molecule has 0 aliphatic heterocycles. The van der Waals surface area contributed by atoms with Gasteiger partial charge in [0, 0.05) is 11.8 Å². The molecule has 0 bridgehead atoms. The van der Waals surface area contributed by atoms with Crippen LogP contribution in [0.25, 0.3) is 11.1 Å². The van der Waals surface area contributed by atoms with E-state index in [0.717, 1.165) is 11.1 Å². The van der Waals surface area contributed by atoms with Crippen LogP contribution in [0, 0.1) is 6.92 Å².